The fourth-order valence-electron chi connectivity index (χ4n) is 1.77. The minimum absolute atomic E-state index is 0.133. The third-order valence-corrected chi connectivity index (χ3v) is 3.70. The Morgan fingerprint density at radius 1 is 1.20 bits per heavy atom. The molecule has 1 aromatic carbocycles. The van der Waals surface area contributed by atoms with Gasteiger partial charge in [0.1, 0.15) is 0 Å². The molecule has 0 bridgehead atoms. The first-order valence-electron chi connectivity index (χ1n) is 7.11. The van der Waals surface area contributed by atoms with Crippen molar-refractivity contribution in [3.8, 4) is 0 Å². The third-order valence-electron chi connectivity index (χ3n) is 2.97. The summed E-state index contributed by atoms with van der Waals surface area (Å²) in [7, 11) is 0. The largest absolute Gasteiger partial charge is 0.449 e. The lowest BCUT2D eigenvalue weighted by Gasteiger charge is -2.12. The quantitative estimate of drug-likeness (QED) is 0.588. The van der Waals surface area contributed by atoms with Gasteiger partial charge in [0.05, 0.1) is 10.0 Å². The van der Waals surface area contributed by atoms with Crippen LogP contribution in [-0.4, -0.2) is 23.0 Å². The van der Waals surface area contributed by atoms with Gasteiger partial charge in [0.15, 0.2) is 11.9 Å². The molecule has 0 spiro atoms. The molecule has 130 valence electrons. The number of amides is 1. The molecule has 1 aromatic heterocycles. The summed E-state index contributed by atoms with van der Waals surface area (Å²) in [5.41, 5.74) is 0.735. The van der Waals surface area contributed by atoms with E-state index in [2.05, 4.69) is 10.3 Å². The highest BCUT2D eigenvalue weighted by Crippen LogP contribution is 2.22. The number of ether oxygens (including phenoxy) is 1. The van der Waals surface area contributed by atoms with Crippen molar-refractivity contribution >= 4 is 58.6 Å². The van der Waals surface area contributed by atoms with E-state index in [0.717, 1.165) is 5.56 Å². The van der Waals surface area contributed by atoms with Crippen LogP contribution < -0.4 is 5.32 Å². The molecule has 0 unspecified atom stereocenters. The predicted octanol–water partition coefficient (Wildman–Crippen LogP) is 4.63. The van der Waals surface area contributed by atoms with Crippen LogP contribution in [0.25, 0.3) is 6.08 Å². The Morgan fingerprint density at radius 3 is 2.64 bits per heavy atom. The molecule has 25 heavy (non-hydrogen) atoms. The standard InChI is InChI=1S/C17H13Cl3N2O3/c1-10(17(24)22-16-14(20)8-13(19)9-21-16)25-15(23)6-5-11-3-2-4-12(18)7-11/h2-10H,1H3,(H,21,22,24)/b6-5+/t10-/m1/s1. The van der Waals surface area contributed by atoms with Crippen LogP contribution in [0.1, 0.15) is 12.5 Å². The fourth-order valence-corrected chi connectivity index (χ4v) is 2.39. The zero-order chi connectivity index (χ0) is 18.4. The van der Waals surface area contributed by atoms with Gasteiger partial charge in [0, 0.05) is 17.3 Å². The number of rotatable bonds is 5. The number of nitrogens with one attached hydrogen (secondary N) is 1. The van der Waals surface area contributed by atoms with Gasteiger partial charge in [0.25, 0.3) is 5.91 Å². The molecule has 1 amide bonds. The van der Waals surface area contributed by atoms with Gasteiger partial charge in [-0.15, -0.1) is 0 Å². The number of anilines is 1. The first kappa shape index (κ1) is 19.2. The number of hydrogen-bond donors (Lipinski definition) is 1. The number of carbonyl (C=O) groups is 2. The molecule has 1 heterocycles. The molecule has 8 heteroatoms. The van der Waals surface area contributed by atoms with Crippen LogP contribution in [0, 0.1) is 0 Å². The maximum Gasteiger partial charge on any atom is 0.331 e. The average molecular weight is 400 g/mol. The van der Waals surface area contributed by atoms with Gasteiger partial charge in [-0.1, -0.05) is 46.9 Å². The summed E-state index contributed by atoms with van der Waals surface area (Å²) >= 11 is 17.5. The molecule has 0 saturated carbocycles. The Labute approximate surface area is 159 Å². The number of hydrogen-bond acceptors (Lipinski definition) is 4. The van der Waals surface area contributed by atoms with E-state index in [-0.39, 0.29) is 10.8 Å². The normalized spacial score (nSPS) is 12.0. The van der Waals surface area contributed by atoms with Crippen molar-refractivity contribution in [3.05, 3.63) is 63.2 Å². The summed E-state index contributed by atoms with van der Waals surface area (Å²) in [6, 6.07) is 8.39. The molecular formula is C17H13Cl3N2O3. The van der Waals surface area contributed by atoms with Crippen molar-refractivity contribution < 1.29 is 14.3 Å². The number of benzene rings is 1. The Kier molecular flexibility index (Phi) is 6.82. The SMILES string of the molecule is C[C@@H](OC(=O)/C=C/c1cccc(Cl)c1)C(=O)Nc1ncc(Cl)cc1Cl. The molecule has 0 fully saturated rings. The van der Waals surface area contributed by atoms with Crippen LogP contribution in [0.3, 0.4) is 0 Å². The molecule has 5 nitrogen and oxygen atoms in total. The molecule has 1 atom stereocenters. The number of nitrogens with zero attached hydrogens (tertiary/aromatic N) is 1. The van der Waals surface area contributed by atoms with Crippen LogP contribution in [0.4, 0.5) is 5.82 Å². The van der Waals surface area contributed by atoms with Crippen molar-refractivity contribution in [3.63, 3.8) is 0 Å². The molecule has 2 aromatic rings. The Balaban J connectivity index is 1.92. The van der Waals surface area contributed by atoms with E-state index >= 15 is 0 Å². The molecule has 0 aliphatic carbocycles. The van der Waals surface area contributed by atoms with Crippen molar-refractivity contribution in [1.29, 1.82) is 0 Å². The summed E-state index contributed by atoms with van der Waals surface area (Å²) in [5.74, 6) is -1.10. The first-order chi connectivity index (χ1) is 11.8. The van der Waals surface area contributed by atoms with Gasteiger partial charge >= 0.3 is 5.97 Å². The summed E-state index contributed by atoms with van der Waals surface area (Å²) in [6.45, 7) is 1.43. The van der Waals surface area contributed by atoms with E-state index in [9.17, 15) is 9.59 Å². The highest BCUT2D eigenvalue weighted by Gasteiger charge is 2.18. The van der Waals surface area contributed by atoms with Crippen LogP contribution in [0.15, 0.2) is 42.6 Å². The topological polar surface area (TPSA) is 68.3 Å². The van der Waals surface area contributed by atoms with Crippen LogP contribution in [-0.2, 0) is 14.3 Å². The summed E-state index contributed by atoms with van der Waals surface area (Å²) in [4.78, 5) is 27.7. The maximum atomic E-state index is 12.0. The number of carbonyl (C=O) groups excluding carboxylic acids is 2. The highest BCUT2D eigenvalue weighted by atomic mass is 35.5. The lowest BCUT2D eigenvalue weighted by atomic mass is 10.2. The summed E-state index contributed by atoms with van der Waals surface area (Å²) < 4.78 is 5.03. The van der Waals surface area contributed by atoms with Gasteiger partial charge < -0.3 is 10.1 Å². The highest BCUT2D eigenvalue weighted by molar-refractivity contribution is 6.36. The smallest absolute Gasteiger partial charge is 0.331 e. The van der Waals surface area contributed by atoms with Gasteiger partial charge in [-0.2, -0.15) is 0 Å². The van der Waals surface area contributed by atoms with Crippen LogP contribution in [0.5, 0.6) is 0 Å². The molecule has 1 N–H and O–H groups in total. The van der Waals surface area contributed by atoms with Crippen molar-refractivity contribution in [2.75, 3.05) is 5.32 Å². The average Bonchev–Trinajstić information content (AvgIpc) is 2.55. The second-order valence-corrected chi connectivity index (χ2v) is 6.22. The van der Waals surface area contributed by atoms with E-state index in [4.69, 9.17) is 39.5 Å². The van der Waals surface area contributed by atoms with E-state index < -0.39 is 18.0 Å². The fraction of sp³-hybridized carbons (Fsp3) is 0.118. The predicted molar refractivity (Wildman–Crippen MR) is 98.9 cm³/mol. The van der Waals surface area contributed by atoms with Gasteiger partial charge in [0.2, 0.25) is 0 Å². The second kappa shape index (κ2) is 8.85. The van der Waals surface area contributed by atoms with Gasteiger partial charge in [-0.25, -0.2) is 9.78 Å². The van der Waals surface area contributed by atoms with Crippen LogP contribution in [0.2, 0.25) is 15.1 Å². The molecule has 0 aliphatic rings. The van der Waals surface area contributed by atoms with Crippen LogP contribution >= 0.6 is 34.8 Å². The molecule has 0 aliphatic heterocycles. The molecule has 0 saturated heterocycles. The second-order valence-electron chi connectivity index (χ2n) is 4.94. The number of esters is 1. The van der Waals surface area contributed by atoms with Crippen molar-refractivity contribution in [1.82, 2.24) is 4.98 Å². The maximum absolute atomic E-state index is 12.0. The minimum atomic E-state index is -1.04. The van der Waals surface area contributed by atoms with E-state index in [0.29, 0.717) is 10.0 Å². The van der Waals surface area contributed by atoms with Gasteiger partial charge in [-0.05, 0) is 36.8 Å². The summed E-state index contributed by atoms with van der Waals surface area (Å²) in [5, 5.41) is 3.54. The van der Waals surface area contributed by atoms with Crippen molar-refractivity contribution in [2.24, 2.45) is 0 Å². The lowest BCUT2D eigenvalue weighted by Crippen LogP contribution is -2.29. The third kappa shape index (κ3) is 6.05. The number of aromatic nitrogens is 1. The lowest BCUT2D eigenvalue weighted by molar-refractivity contribution is -0.148. The van der Waals surface area contributed by atoms with Gasteiger partial charge in [-0.3, -0.25) is 4.79 Å². The monoisotopic (exact) mass is 398 g/mol. The first-order valence-corrected chi connectivity index (χ1v) is 8.24. The van der Waals surface area contributed by atoms with Crippen molar-refractivity contribution in [2.45, 2.75) is 13.0 Å². The molecular weight excluding hydrogens is 387 g/mol. The Hall–Kier alpha value is -2.08. The Bertz CT molecular complexity index is 825. The zero-order valence-corrected chi connectivity index (χ0v) is 15.3. The minimum Gasteiger partial charge on any atom is -0.449 e. The van der Waals surface area contributed by atoms with E-state index in [1.54, 1.807) is 24.3 Å². The summed E-state index contributed by atoms with van der Waals surface area (Å²) in [6.07, 6.45) is 3.05. The Morgan fingerprint density at radius 2 is 1.96 bits per heavy atom. The zero-order valence-electron chi connectivity index (χ0n) is 13.0. The van der Waals surface area contributed by atoms with E-state index in [1.165, 1.54) is 31.3 Å². The number of pyridine rings is 1. The van der Waals surface area contributed by atoms with E-state index in [1.807, 2.05) is 0 Å². The number of halogens is 3. The molecule has 0 radical (unpaired) electrons. The molecule has 2 rings (SSSR count).